The Balaban J connectivity index is 1.95. The van der Waals surface area contributed by atoms with Crippen LogP contribution in [0.5, 0.6) is 0 Å². The maximum Gasteiger partial charge on any atom is 0.278 e. The van der Waals surface area contributed by atoms with Gasteiger partial charge >= 0.3 is 0 Å². The second kappa shape index (κ2) is 6.32. The minimum absolute atomic E-state index is 0.114. The SMILES string of the molecule is O=C(Nc1ccc([N+](=O)[O-])c2cccnc12)c1ccc([N+](=O)[O-])cc1. The Labute approximate surface area is 140 Å². The van der Waals surface area contributed by atoms with E-state index < -0.39 is 15.8 Å². The zero-order chi connectivity index (χ0) is 18.0. The van der Waals surface area contributed by atoms with Crippen LogP contribution in [0.4, 0.5) is 17.1 Å². The van der Waals surface area contributed by atoms with Gasteiger partial charge in [-0.1, -0.05) is 0 Å². The Morgan fingerprint density at radius 1 is 0.960 bits per heavy atom. The Morgan fingerprint density at radius 3 is 2.32 bits per heavy atom. The molecule has 0 radical (unpaired) electrons. The minimum Gasteiger partial charge on any atom is -0.320 e. The predicted molar refractivity (Wildman–Crippen MR) is 89.4 cm³/mol. The number of anilines is 1. The molecular formula is C16H10N4O5. The summed E-state index contributed by atoms with van der Waals surface area (Å²) in [7, 11) is 0. The normalized spacial score (nSPS) is 10.4. The summed E-state index contributed by atoms with van der Waals surface area (Å²) in [6.07, 6.45) is 1.47. The van der Waals surface area contributed by atoms with E-state index in [1.807, 2.05) is 0 Å². The van der Waals surface area contributed by atoms with Gasteiger partial charge in [0.05, 0.1) is 20.9 Å². The third kappa shape index (κ3) is 3.11. The van der Waals surface area contributed by atoms with Crippen molar-refractivity contribution in [1.82, 2.24) is 4.98 Å². The van der Waals surface area contributed by atoms with Gasteiger partial charge in [0.1, 0.15) is 5.52 Å². The van der Waals surface area contributed by atoms with Crippen LogP contribution in [0.25, 0.3) is 10.9 Å². The number of nitrogens with one attached hydrogen (secondary N) is 1. The maximum atomic E-state index is 12.3. The van der Waals surface area contributed by atoms with Gasteiger partial charge in [-0.25, -0.2) is 0 Å². The highest BCUT2D eigenvalue weighted by Gasteiger charge is 2.17. The highest BCUT2D eigenvalue weighted by atomic mass is 16.6. The number of benzene rings is 2. The molecule has 0 atom stereocenters. The van der Waals surface area contributed by atoms with Crippen LogP contribution in [0, 0.1) is 20.2 Å². The lowest BCUT2D eigenvalue weighted by Crippen LogP contribution is -2.12. The Bertz CT molecular complexity index is 1000. The van der Waals surface area contributed by atoms with Crippen LogP contribution >= 0.6 is 0 Å². The van der Waals surface area contributed by atoms with Crippen LogP contribution in [-0.2, 0) is 0 Å². The third-order valence-corrected chi connectivity index (χ3v) is 3.53. The second-order valence-corrected chi connectivity index (χ2v) is 5.05. The van der Waals surface area contributed by atoms with Crippen molar-refractivity contribution in [2.75, 3.05) is 5.32 Å². The second-order valence-electron chi connectivity index (χ2n) is 5.05. The molecule has 1 N–H and O–H groups in total. The van der Waals surface area contributed by atoms with Crippen LogP contribution in [0.3, 0.4) is 0 Å². The smallest absolute Gasteiger partial charge is 0.278 e. The molecule has 0 bridgehead atoms. The summed E-state index contributed by atoms with van der Waals surface area (Å²) >= 11 is 0. The van der Waals surface area contributed by atoms with E-state index in [1.54, 1.807) is 12.1 Å². The lowest BCUT2D eigenvalue weighted by Gasteiger charge is -2.08. The number of aromatic nitrogens is 1. The summed E-state index contributed by atoms with van der Waals surface area (Å²) in [5, 5.41) is 24.7. The van der Waals surface area contributed by atoms with Gasteiger partial charge in [-0.05, 0) is 30.3 Å². The van der Waals surface area contributed by atoms with Gasteiger partial charge in [0.25, 0.3) is 17.3 Å². The van der Waals surface area contributed by atoms with Gasteiger partial charge in [0.2, 0.25) is 0 Å². The van der Waals surface area contributed by atoms with Crippen molar-refractivity contribution in [2.45, 2.75) is 0 Å². The van der Waals surface area contributed by atoms with Crippen molar-refractivity contribution in [1.29, 1.82) is 0 Å². The van der Waals surface area contributed by atoms with E-state index in [2.05, 4.69) is 10.3 Å². The first-order chi connectivity index (χ1) is 12.0. The van der Waals surface area contributed by atoms with E-state index >= 15 is 0 Å². The van der Waals surface area contributed by atoms with Gasteiger partial charge in [-0.2, -0.15) is 0 Å². The summed E-state index contributed by atoms with van der Waals surface area (Å²) in [6, 6.07) is 10.9. The number of fused-ring (bicyclic) bond motifs is 1. The van der Waals surface area contributed by atoms with Crippen molar-refractivity contribution in [2.24, 2.45) is 0 Å². The molecule has 124 valence electrons. The van der Waals surface area contributed by atoms with E-state index in [0.717, 1.165) is 0 Å². The molecule has 0 unspecified atom stereocenters. The molecule has 0 spiro atoms. The number of amides is 1. The Morgan fingerprint density at radius 2 is 1.68 bits per heavy atom. The van der Waals surface area contributed by atoms with Gasteiger partial charge in [-0.3, -0.25) is 30.0 Å². The fraction of sp³-hybridized carbons (Fsp3) is 0. The first kappa shape index (κ1) is 16.0. The molecule has 1 amide bonds. The average molecular weight is 338 g/mol. The molecule has 3 aromatic rings. The van der Waals surface area contributed by atoms with Gasteiger partial charge < -0.3 is 5.32 Å². The first-order valence-corrected chi connectivity index (χ1v) is 7.05. The van der Waals surface area contributed by atoms with Crippen molar-refractivity contribution < 1.29 is 14.6 Å². The lowest BCUT2D eigenvalue weighted by atomic mass is 10.1. The van der Waals surface area contributed by atoms with Gasteiger partial charge in [0.15, 0.2) is 0 Å². The van der Waals surface area contributed by atoms with Crippen molar-refractivity contribution in [3.63, 3.8) is 0 Å². The number of nitro groups is 2. The molecule has 0 aliphatic heterocycles. The van der Waals surface area contributed by atoms with Crippen LogP contribution in [0.2, 0.25) is 0 Å². The summed E-state index contributed by atoms with van der Waals surface area (Å²) in [5.74, 6) is -0.504. The summed E-state index contributed by atoms with van der Waals surface area (Å²) in [6.45, 7) is 0. The predicted octanol–water partition coefficient (Wildman–Crippen LogP) is 3.30. The molecule has 3 rings (SSSR count). The number of nitro benzene ring substituents is 2. The number of rotatable bonds is 4. The summed E-state index contributed by atoms with van der Waals surface area (Å²) in [4.78, 5) is 37.1. The average Bonchev–Trinajstić information content (AvgIpc) is 2.61. The third-order valence-electron chi connectivity index (χ3n) is 3.53. The molecule has 25 heavy (non-hydrogen) atoms. The first-order valence-electron chi connectivity index (χ1n) is 7.05. The molecule has 1 aromatic heterocycles. The Hall–Kier alpha value is -3.88. The van der Waals surface area contributed by atoms with Crippen LogP contribution in [0.1, 0.15) is 10.4 Å². The molecule has 0 aliphatic rings. The topological polar surface area (TPSA) is 128 Å². The van der Waals surface area contributed by atoms with Crippen molar-refractivity contribution in [3.8, 4) is 0 Å². The fourth-order valence-corrected chi connectivity index (χ4v) is 2.35. The molecule has 9 nitrogen and oxygen atoms in total. The molecule has 0 saturated carbocycles. The van der Waals surface area contributed by atoms with Crippen molar-refractivity contribution >= 4 is 33.9 Å². The number of nitrogens with zero attached hydrogens (tertiary/aromatic N) is 3. The lowest BCUT2D eigenvalue weighted by molar-refractivity contribution is -0.384. The minimum atomic E-state index is -0.560. The highest BCUT2D eigenvalue weighted by molar-refractivity contribution is 6.09. The quantitative estimate of drug-likeness (QED) is 0.574. The van der Waals surface area contributed by atoms with Crippen molar-refractivity contribution in [3.05, 3.63) is 80.5 Å². The van der Waals surface area contributed by atoms with E-state index in [4.69, 9.17) is 0 Å². The molecule has 0 aliphatic carbocycles. The number of hydrogen-bond donors (Lipinski definition) is 1. The van der Waals surface area contributed by atoms with E-state index in [9.17, 15) is 25.0 Å². The molecule has 9 heteroatoms. The number of carbonyl (C=O) groups excluding carboxylic acids is 1. The number of pyridine rings is 1. The molecule has 0 fully saturated rings. The molecule has 0 saturated heterocycles. The summed E-state index contributed by atoms with van der Waals surface area (Å²) < 4.78 is 0. The van der Waals surface area contributed by atoms with Gasteiger partial charge in [0, 0.05) is 30.0 Å². The zero-order valence-electron chi connectivity index (χ0n) is 12.6. The van der Waals surface area contributed by atoms with Crippen LogP contribution in [-0.4, -0.2) is 20.7 Å². The van der Waals surface area contributed by atoms with E-state index in [-0.39, 0.29) is 22.5 Å². The highest BCUT2D eigenvalue weighted by Crippen LogP contribution is 2.30. The number of hydrogen-bond acceptors (Lipinski definition) is 6. The summed E-state index contributed by atoms with van der Waals surface area (Å²) in [5.41, 5.74) is 0.569. The monoisotopic (exact) mass is 338 g/mol. The molecule has 1 heterocycles. The maximum absolute atomic E-state index is 12.3. The van der Waals surface area contributed by atoms with Crippen LogP contribution < -0.4 is 5.32 Å². The Kier molecular flexibility index (Phi) is 4.04. The van der Waals surface area contributed by atoms with Crippen LogP contribution in [0.15, 0.2) is 54.7 Å². The number of non-ortho nitro benzene ring substituents is 2. The standard InChI is InChI=1S/C16H10N4O5/c21-16(10-3-5-11(6-4-10)19(22)23)18-13-7-8-14(20(24)25)12-2-1-9-17-15(12)13/h1-9H,(H,18,21). The van der Waals surface area contributed by atoms with E-state index in [1.165, 1.54) is 42.6 Å². The molecule has 2 aromatic carbocycles. The largest absolute Gasteiger partial charge is 0.320 e. The van der Waals surface area contributed by atoms with Gasteiger partial charge in [-0.15, -0.1) is 0 Å². The zero-order valence-corrected chi connectivity index (χ0v) is 12.6. The fourth-order valence-electron chi connectivity index (χ4n) is 2.35. The number of carbonyl (C=O) groups is 1. The molecular weight excluding hydrogens is 328 g/mol. The van der Waals surface area contributed by atoms with E-state index in [0.29, 0.717) is 11.1 Å².